The molecular weight excluding hydrogens is 265 g/mol. The van der Waals surface area contributed by atoms with Crippen molar-refractivity contribution < 1.29 is 23.8 Å². The van der Waals surface area contributed by atoms with E-state index >= 15 is 0 Å². The Hall–Kier alpha value is -2.11. The Morgan fingerprint density at radius 3 is 2.50 bits per heavy atom. The second-order valence-electron chi connectivity index (χ2n) is 5.33. The number of rotatable bonds is 4. The van der Waals surface area contributed by atoms with Crippen LogP contribution in [0.15, 0.2) is 18.2 Å². The smallest absolute Gasteiger partial charge is 0.412 e. The average Bonchev–Trinajstić information content (AvgIpc) is 2.24. The highest BCUT2D eigenvalue weighted by Crippen LogP contribution is 2.17. The van der Waals surface area contributed by atoms with Gasteiger partial charge in [0.25, 0.3) is 0 Å². The highest BCUT2D eigenvalue weighted by atomic mass is 19.1. The Morgan fingerprint density at radius 2 is 2.00 bits per heavy atom. The van der Waals surface area contributed by atoms with Crippen LogP contribution in [0, 0.1) is 5.82 Å². The van der Waals surface area contributed by atoms with E-state index in [1.807, 2.05) is 0 Å². The normalized spacial score (nSPS) is 11.0. The van der Waals surface area contributed by atoms with Crippen LogP contribution in [0.2, 0.25) is 0 Å². The summed E-state index contributed by atoms with van der Waals surface area (Å²) in [5.74, 6) is -1.54. The third kappa shape index (κ3) is 5.69. The molecule has 1 aromatic rings. The van der Waals surface area contributed by atoms with E-state index in [0.717, 1.165) is 6.07 Å². The molecule has 110 valence electrons. The minimum atomic E-state index is -0.986. The monoisotopic (exact) mass is 283 g/mol. The zero-order chi connectivity index (χ0) is 15.3. The number of carboxylic acids is 1. The number of ether oxygens (including phenoxy) is 1. The van der Waals surface area contributed by atoms with Gasteiger partial charge in [-0.1, -0.05) is 6.07 Å². The average molecular weight is 283 g/mol. The van der Waals surface area contributed by atoms with Crippen molar-refractivity contribution in [3.63, 3.8) is 0 Å². The minimum absolute atomic E-state index is 0.105. The lowest BCUT2D eigenvalue weighted by Gasteiger charge is -2.19. The third-order valence-corrected chi connectivity index (χ3v) is 2.31. The summed E-state index contributed by atoms with van der Waals surface area (Å²) in [5.41, 5.74) is -0.0812. The zero-order valence-electron chi connectivity index (χ0n) is 11.7. The molecule has 0 saturated carbocycles. The lowest BCUT2D eigenvalue weighted by Crippen LogP contribution is -2.27. The molecule has 1 amide bonds. The van der Waals surface area contributed by atoms with Gasteiger partial charge in [0.15, 0.2) is 0 Å². The van der Waals surface area contributed by atoms with Crippen LogP contribution in [-0.2, 0) is 16.0 Å². The van der Waals surface area contributed by atoms with Crippen LogP contribution >= 0.6 is 0 Å². The van der Waals surface area contributed by atoms with E-state index in [1.165, 1.54) is 12.1 Å². The van der Waals surface area contributed by atoms with Gasteiger partial charge in [0.2, 0.25) is 0 Å². The molecule has 0 spiro atoms. The Kier molecular flexibility index (Phi) is 5.07. The quantitative estimate of drug-likeness (QED) is 0.889. The predicted octanol–water partition coefficient (Wildman–Crippen LogP) is 3.19. The summed E-state index contributed by atoms with van der Waals surface area (Å²) >= 11 is 0. The van der Waals surface area contributed by atoms with E-state index in [4.69, 9.17) is 9.84 Å². The van der Waals surface area contributed by atoms with Gasteiger partial charge in [-0.2, -0.15) is 0 Å². The number of carbonyl (C=O) groups is 2. The van der Waals surface area contributed by atoms with Crippen LogP contribution in [0.5, 0.6) is 0 Å². The van der Waals surface area contributed by atoms with Crippen molar-refractivity contribution in [2.75, 3.05) is 5.32 Å². The second kappa shape index (κ2) is 6.36. The van der Waals surface area contributed by atoms with Crippen molar-refractivity contribution in [3.8, 4) is 0 Å². The van der Waals surface area contributed by atoms with Gasteiger partial charge in [0.1, 0.15) is 11.4 Å². The second-order valence-corrected chi connectivity index (χ2v) is 5.33. The first kappa shape index (κ1) is 15.9. The van der Waals surface area contributed by atoms with Crippen molar-refractivity contribution in [3.05, 3.63) is 29.6 Å². The standard InChI is InChI=1S/C14H18FNO4/c1-14(2,3)20-13(19)16-10-6-4-9(11(15)8-10)5-7-12(17)18/h4,6,8H,5,7H2,1-3H3,(H,16,19)(H,17,18). The number of carboxylic acid groups (broad SMARTS) is 1. The highest BCUT2D eigenvalue weighted by molar-refractivity contribution is 5.84. The number of carbonyl (C=O) groups excluding carboxylic acids is 1. The van der Waals surface area contributed by atoms with Crippen molar-refractivity contribution in [1.82, 2.24) is 0 Å². The summed E-state index contributed by atoms with van der Waals surface area (Å²) in [4.78, 5) is 21.9. The van der Waals surface area contributed by atoms with Crippen LogP contribution in [-0.4, -0.2) is 22.8 Å². The molecule has 0 bridgehead atoms. The van der Waals surface area contributed by atoms with Crippen LogP contribution in [0.25, 0.3) is 0 Å². The molecule has 1 aromatic carbocycles. The summed E-state index contributed by atoms with van der Waals surface area (Å²) in [7, 11) is 0. The van der Waals surface area contributed by atoms with Gasteiger partial charge in [-0.3, -0.25) is 10.1 Å². The first-order chi connectivity index (χ1) is 9.17. The lowest BCUT2D eigenvalue weighted by molar-refractivity contribution is -0.136. The molecule has 0 aliphatic rings. The number of amides is 1. The maximum absolute atomic E-state index is 13.7. The maximum Gasteiger partial charge on any atom is 0.412 e. The van der Waals surface area contributed by atoms with E-state index in [1.54, 1.807) is 20.8 Å². The van der Waals surface area contributed by atoms with E-state index in [9.17, 15) is 14.0 Å². The van der Waals surface area contributed by atoms with Crippen molar-refractivity contribution in [2.24, 2.45) is 0 Å². The molecule has 20 heavy (non-hydrogen) atoms. The first-order valence-corrected chi connectivity index (χ1v) is 6.17. The lowest BCUT2D eigenvalue weighted by atomic mass is 10.1. The number of hydrogen-bond donors (Lipinski definition) is 2. The molecule has 0 heterocycles. The number of aryl methyl sites for hydroxylation is 1. The van der Waals surface area contributed by atoms with Crippen molar-refractivity contribution in [2.45, 2.75) is 39.2 Å². The molecule has 0 unspecified atom stereocenters. The van der Waals surface area contributed by atoms with Gasteiger partial charge in [-0.15, -0.1) is 0 Å². The molecular formula is C14H18FNO4. The number of nitrogens with one attached hydrogen (secondary N) is 1. The molecule has 0 fully saturated rings. The van der Waals surface area contributed by atoms with Crippen LogP contribution in [0.3, 0.4) is 0 Å². The Morgan fingerprint density at radius 1 is 1.35 bits per heavy atom. The summed E-state index contributed by atoms with van der Waals surface area (Å²) in [6, 6.07) is 4.09. The molecule has 5 nitrogen and oxygen atoms in total. The van der Waals surface area contributed by atoms with Crippen LogP contribution in [0.1, 0.15) is 32.8 Å². The number of halogens is 1. The fraction of sp³-hybridized carbons (Fsp3) is 0.429. The van der Waals surface area contributed by atoms with Gasteiger partial charge >= 0.3 is 12.1 Å². The van der Waals surface area contributed by atoms with E-state index in [0.29, 0.717) is 5.56 Å². The van der Waals surface area contributed by atoms with E-state index < -0.39 is 23.5 Å². The Bertz CT molecular complexity index is 508. The van der Waals surface area contributed by atoms with Gasteiger partial charge in [-0.05, 0) is 44.9 Å². The summed E-state index contributed by atoms with van der Waals surface area (Å²) in [5, 5.41) is 11.0. The maximum atomic E-state index is 13.7. The Labute approximate surface area is 116 Å². The third-order valence-electron chi connectivity index (χ3n) is 2.31. The van der Waals surface area contributed by atoms with Crippen LogP contribution in [0.4, 0.5) is 14.9 Å². The van der Waals surface area contributed by atoms with Gasteiger partial charge < -0.3 is 9.84 Å². The summed E-state index contributed by atoms with van der Waals surface area (Å²) in [6.07, 6.45) is -0.709. The number of anilines is 1. The van der Waals surface area contributed by atoms with E-state index in [-0.39, 0.29) is 18.5 Å². The molecule has 0 saturated heterocycles. The van der Waals surface area contributed by atoms with Crippen molar-refractivity contribution in [1.29, 1.82) is 0 Å². The molecule has 0 atom stereocenters. The topological polar surface area (TPSA) is 75.6 Å². The molecule has 1 rings (SSSR count). The molecule has 0 aliphatic heterocycles. The number of hydrogen-bond acceptors (Lipinski definition) is 3. The zero-order valence-corrected chi connectivity index (χ0v) is 11.7. The number of aliphatic carboxylic acids is 1. The molecule has 2 N–H and O–H groups in total. The van der Waals surface area contributed by atoms with Gasteiger partial charge in [-0.25, -0.2) is 9.18 Å². The summed E-state index contributed by atoms with van der Waals surface area (Å²) in [6.45, 7) is 5.17. The van der Waals surface area contributed by atoms with Gasteiger partial charge in [0, 0.05) is 12.1 Å². The molecule has 0 radical (unpaired) electrons. The van der Waals surface area contributed by atoms with Gasteiger partial charge in [0.05, 0.1) is 0 Å². The Balaban J connectivity index is 2.67. The molecule has 0 aromatic heterocycles. The predicted molar refractivity (Wildman–Crippen MR) is 72.2 cm³/mol. The fourth-order valence-corrected chi connectivity index (χ4v) is 1.49. The molecule has 6 heteroatoms. The first-order valence-electron chi connectivity index (χ1n) is 6.17. The van der Waals surface area contributed by atoms with Crippen LogP contribution < -0.4 is 5.32 Å². The minimum Gasteiger partial charge on any atom is -0.481 e. The fourth-order valence-electron chi connectivity index (χ4n) is 1.49. The van der Waals surface area contributed by atoms with E-state index in [2.05, 4.69) is 5.32 Å². The summed E-state index contributed by atoms with van der Waals surface area (Å²) < 4.78 is 18.7. The number of benzene rings is 1. The van der Waals surface area contributed by atoms with Crippen molar-refractivity contribution >= 4 is 17.7 Å². The SMILES string of the molecule is CC(C)(C)OC(=O)Nc1ccc(CCC(=O)O)c(F)c1. The molecule has 0 aliphatic carbocycles. The highest BCUT2D eigenvalue weighted by Gasteiger charge is 2.16. The largest absolute Gasteiger partial charge is 0.481 e.